The van der Waals surface area contributed by atoms with Crippen molar-refractivity contribution < 1.29 is 27.4 Å². The largest absolute Gasteiger partial charge is 0.489 e. The third-order valence-electron chi connectivity index (χ3n) is 3.06. The number of halogens is 3. The van der Waals surface area contributed by atoms with Gasteiger partial charge in [-0.05, 0) is 39.3 Å². The van der Waals surface area contributed by atoms with Gasteiger partial charge >= 0.3 is 12.3 Å². The summed E-state index contributed by atoms with van der Waals surface area (Å²) in [4.78, 5) is 13.2. The zero-order valence-corrected chi connectivity index (χ0v) is 14.7. The monoisotopic (exact) mass is 363 g/mol. The lowest BCUT2D eigenvalue weighted by Crippen LogP contribution is -2.35. The predicted octanol–water partition coefficient (Wildman–Crippen LogP) is 3.51. The number of rotatable bonds is 5. The maximum Gasteiger partial charge on any atom is 0.416 e. The number of amides is 1. The number of nitrogens with two attached hydrogens (primary N) is 2. The summed E-state index contributed by atoms with van der Waals surface area (Å²) in [6.45, 7) is 5.76. The van der Waals surface area contributed by atoms with Crippen LogP contribution in [0, 0.1) is 0 Å². The molecule has 1 amide bonds. The lowest BCUT2D eigenvalue weighted by Gasteiger charge is -2.24. The molecule has 25 heavy (non-hydrogen) atoms. The fraction of sp³-hybridized carbons (Fsp3) is 0.562. The molecule has 6 nitrogen and oxygen atoms in total. The molecule has 1 aromatic rings. The molecule has 0 aliphatic heterocycles. The minimum atomic E-state index is -4.53. The van der Waals surface area contributed by atoms with E-state index in [1.54, 1.807) is 27.8 Å². The Morgan fingerprint density at radius 1 is 1.16 bits per heavy atom. The standard InChI is InChI=1S/C16H24F3N3O3/c1-15(2,3)25-14(23)22(4)6-5-7-24-13-11(20)8-10(9-12(13)21)16(17,18)19/h8-9H,5-7,20-21H2,1-4H3. The van der Waals surface area contributed by atoms with Crippen LogP contribution >= 0.6 is 0 Å². The molecule has 0 bridgehead atoms. The molecule has 4 N–H and O–H groups in total. The summed E-state index contributed by atoms with van der Waals surface area (Å²) >= 11 is 0. The van der Waals surface area contributed by atoms with Gasteiger partial charge in [-0.15, -0.1) is 0 Å². The Kier molecular flexibility index (Phi) is 6.39. The van der Waals surface area contributed by atoms with Crippen molar-refractivity contribution in [2.24, 2.45) is 0 Å². The molecular weight excluding hydrogens is 339 g/mol. The average Bonchev–Trinajstić information content (AvgIpc) is 2.42. The molecule has 0 atom stereocenters. The van der Waals surface area contributed by atoms with E-state index in [2.05, 4.69) is 0 Å². The number of carbonyl (C=O) groups is 1. The van der Waals surface area contributed by atoms with E-state index in [1.807, 2.05) is 0 Å². The Bertz CT molecular complexity index is 590. The van der Waals surface area contributed by atoms with E-state index in [4.69, 9.17) is 20.9 Å². The summed E-state index contributed by atoms with van der Waals surface area (Å²) in [5.41, 5.74) is 9.28. The molecule has 0 radical (unpaired) electrons. The second-order valence-electron chi connectivity index (χ2n) is 6.59. The van der Waals surface area contributed by atoms with Gasteiger partial charge in [0.15, 0.2) is 5.75 Å². The van der Waals surface area contributed by atoms with Gasteiger partial charge in [0.1, 0.15) is 5.60 Å². The summed E-state index contributed by atoms with van der Waals surface area (Å²) in [6.07, 6.45) is -4.58. The second kappa shape index (κ2) is 7.71. The zero-order chi connectivity index (χ0) is 19.4. The number of carbonyl (C=O) groups excluding carboxylic acids is 1. The van der Waals surface area contributed by atoms with Crippen LogP contribution in [0.15, 0.2) is 12.1 Å². The van der Waals surface area contributed by atoms with Gasteiger partial charge < -0.3 is 25.8 Å². The Morgan fingerprint density at radius 3 is 2.12 bits per heavy atom. The molecule has 0 aromatic heterocycles. The van der Waals surface area contributed by atoms with Crippen LogP contribution in [0.1, 0.15) is 32.8 Å². The van der Waals surface area contributed by atoms with Gasteiger partial charge in [0.25, 0.3) is 0 Å². The molecule has 0 heterocycles. The van der Waals surface area contributed by atoms with Gasteiger partial charge in [-0.1, -0.05) is 0 Å². The van der Waals surface area contributed by atoms with Crippen LogP contribution in [0.25, 0.3) is 0 Å². The van der Waals surface area contributed by atoms with E-state index in [-0.39, 0.29) is 23.7 Å². The first-order valence-corrected chi connectivity index (χ1v) is 7.64. The molecule has 0 spiro atoms. The molecule has 0 saturated carbocycles. The highest BCUT2D eigenvalue weighted by Gasteiger charge is 2.32. The van der Waals surface area contributed by atoms with Gasteiger partial charge in [-0.25, -0.2) is 4.79 Å². The van der Waals surface area contributed by atoms with Crippen LogP contribution in [-0.4, -0.2) is 36.8 Å². The van der Waals surface area contributed by atoms with Crippen LogP contribution in [0.3, 0.4) is 0 Å². The van der Waals surface area contributed by atoms with Crippen molar-refractivity contribution in [3.63, 3.8) is 0 Å². The van der Waals surface area contributed by atoms with Gasteiger partial charge in [0, 0.05) is 13.6 Å². The third kappa shape index (κ3) is 6.60. The predicted molar refractivity (Wildman–Crippen MR) is 89.2 cm³/mol. The van der Waals surface area contributed by atoms with Crippen LogP contribution in [-0.2, 0) is 10.9 Å². The fourth-order valence-corrected chi connectivity index (χ4v) is 1.91. The summed E-state index contributed by atoms with van der Waals surface area (Å²) in [5.74, 6) is 0.00733. The average molecular weight is 363 g/mol. The van der Waals surface area contributed by atoms with Crippen molar-refractivity contribution in [2.45, 2.75) is 39.0 Å². The van der Waals surface area contributed by atoms with E-state index in [1.165, 1.54) is 4.90 Å². The van der Waals surface area contributed by atoms with E-state index < -0.39 is 23.4 Å². The third-order valence-corrected chi connectivity index (χ3v) is 3.06. The smallest absolute Gasteiger partial charge is 0.416 e. The highest BCUT2D eigenvalue weighted by molar-refractivity contribution is 5.69. The number of hydrogen-bond acceptors (Lipinski definition) is 5. The molecule has 1 aromatic carbocycles. The Balaban J connectivity index is 2.56. The van der Waals surface area contributed by atoms with Crippen molar-refractivity contribution in [3.8, 4) is 5.75 Å². The first-order chi connectivity index (χ1) is 11.3. The molecular formula is C16H24F3N3O3. The van der Waals surface area contributed by atoms with E-state index in [0.29, 0.717) is 13.0 Å². The maximum absolute atomic E-state index is 12.7. The number of nitrogen functional groups attached to an aromatic ring is 2. The summed E-state index contributed by atoms with van der Waals surface area (Å²) in [6, 6.07) is 1.55. The van der Waals surface area contributed by atoms with Crippen LogP contribution in [0.4, 0.5) is 29.3 Å². The Hall–Kier alpha value is -2.32. The lowest BCUT2D eigenvalue weighted by atomic mass is 10.1. The molecule has 0 aliphatic carbocycles. The minimum absolute atomic E-state index is 0.00733. The summed E-state index contributed by atoms with van der Waals surface area (Å²) in [5, 5.41) is 0. The maximum atomic E-state index is 12.7. The molecule has 0 unspecified atom stereocenters. The van der Waals surface area contributed by atoms with Gasteiger partial charge in [0.05, 0.1) is 23.5 Å². The highest BCUT2D eigenvalue weighted by atomic mass is 19.4. The second-order valence-corrected chi connectivity index (χ2v) is 6.59. The fourth-order valence-electron chi connectivity index (χ4n) is 1.91. The minimum Gasteiger partial charge on any atom is -0.489 e. The Labute approximate surface area is 144 Å². The van der Waals surface area contributed by atoms with Crippen molar-refractivity contribution >= 4 is 17.5 Å². The first-order valence-electron chi connectivity index (χ1n) is 7.64. The number of ether oxygens (including phenoxy) is 2. The van der Waals surface area contributed by atoms with E-state index in [0.717, 1.165) is 12.1 Å². The molecule has 1 rings (SSSR count). The number of anilines is 2. The van der Waals surface area contributed by atoms with E-state index >= 15 is 0 Å². The van der Waals surface area contributed by atoms with Crippen LogP contribution in [0.5, 0.6) is 5.75 Å². The van der Waals surface area contributed by atoms with Crippen molar-refractivity contribution in [1.29, 1.82) is 0 Å². The number of alkyl halides is 3. The summed E-state index contributed by atoms with van der Waals surface area (Å²) < 4.78 is 48.6. The normalized spacial score (nSPS) is 12.0. The van der Waals surface area contributed by atoms with Gasteiger partial charge in [-0.3, -0.25) is 0 Å². The van der Waals surface area contributed by atoms with Crippen molar-refractivity contribution in [2.75, 3.05) is 31.7 Å². The molecule has 0 fully saturated rings. The molecule has 0 saturated heterocycles. The zero-order valence-electron chi connectivity index (χ0n) is 14.7. The van der Waals surface area contributed by atoms with Crippen molar-refractivity contribution in [3.05, 3.63) is 17.7 Å². The number of benzene rings is 1. The van der Waals surface area contributed by atoms with Gasteiger partial charge in [0.2, 0.25) is 0 Å². The molecule has 142 valence electrons. The lowest BCUT2D eigenvalue weighted by molar-refractivity contribution is -0.137. The first kappa shape index (κ1) is 20.7. The number of nitrogens with zero attached hydrogens (tertiary/aromatic N) is 1. The summed E-state index contributed by atoms with van der Waals surface area (Å²) in [7, 11) is 1.58. The quantitative estimate of drug-likeness (QED) is 0.617. The van der Waals surface area contributed by atoms with Gasteiger partial charge in [-0.2, -0.15) is 13.2 Å². The van der Waals surface area contributed by atoms with Crippen molar-refractivity contribution in [1.82, 2.24) is 4.90 Å². The Morgan fingerprint density at radius 2 is 1.68 bits per heavy atom. The molecule has 9 heteroatoms. The SMILES string of the molecule is CN(CCCOc1c(N)cc(C(F)(F)F)cc1N)C(=O)OC(C)(C)C. The number of hydrogen-bond donors (Lipinski definition) is 2. The molecule has 0 aliphatic rings. The van der Waals surface area contributed by atoms with Crippen LogP contribution < -0.4 is 16.2 Å². The topological polar surface area (TPSA) is 90.8 Å². The highest BCUT2D eigenvalue weighted by Crippen LogP contribution is 2.37. The van der Waals surface area contributed by atoms with Crippen LogP contribution in [0.2, 0.25) is 0 Å². The van der Waals surface area contributed by atoms with E-state index in [9.17, 15) is 18.0 Å².